The van der Waals surface area contributed by atoms with E-state index in [1.165, 1.54) is 18.1 Å². The molecule has 0 bridgehead atoms. The molecule has 0 radical (unpaired) electrons. The van der Waals surface area contributed by atoms with E-state index in [2.05, 4.69) is 26.8 Å². The largest absolute Gasteiger partial charge is 0.492 e. The van der Waals surface area contributed by atoms with E-state index in [0.717, 1.165) is 48.0 Å². The first-order chi connectivity index (χ1) is 17.0. The molecule has 0 amide bonds. The quantitative estimate of drug-likeness (QED) is 0.314. The Bertz CT molecular complexity index is 1140. The fraction of sp³-hybridized carbons (Fsp3) is 0.400. The van der Waals surface area contributed by atoms with Gasteiger partial charge >= 0.3 is 5.97 Å². The lowest BCUT2D eigenvalue weighted by molar-refractivity contribution is 0.0697. The maximum Gasteiger partial charge on any atom is 0.335 e. The second kappa shape index (κ2) is 12.2. The van der Waals surface area contributed by atoms with Gasteiger partial charge in [-0.05, 0) is 31.3 Å². The molecular formula is C25H30N4O5S. The van der Waals surface area contributed by atoms with Crippen LogP contribution in [0, 0.1) is 0 Å². The van der Waals surface area contributed by atoms with Crippen molar-refractivity contribution in [2.45, 2.75) is 9.92 Å². The number of fused-ring (bicyclic) bond motifs is 1. The number of carboxylic acids is 1. The molecule has 0 saturated carbocycles. The summed E-state index contributed by atoms with van der Waals surface area (Å²) in [7, 11) is 3.78. The van der Waals surface area contributed by atoms with Crippen LogP contribution in [0.25, 0.3) is 10.9 Å². The van der Waals surface area contributed by atoms with Gasteiger partial charge in [0.25, 0.3) is 0 Å². The number of benzene rings is 2. The normalized spacial score (nSPS) is 14.8. The van der Waals surface area contributed by atoms with Crippen molar-refractivity contribution in [3.8, 4) is 11.5 Å². The highest BCUT2D eigenvalue weighted by atomic mass is 32.2. The molecule has 1 saturated heterocycles. The maximum absolute atomic E-state index is 11.2. The zero-order valence-corrected chi connectivity index (χ0v) is 20.8. The Balaban J connectivity index is 1.54. The van der Waals surface area contributed by atoms with Gasteiger partial charge in [-0.15, -0.1) is 0 Å². The third-order valence-electron chi connectivity index (χ3n) is 5.77. The topological polar surface area (TPSA) is 97.3 Å². The fourth-order valence-electron chi connectivity index (χ4n) is 3.75. The number of carboxylic acid groups (broad SMARTS) is 1. The lowest BCUT2D eigenvalue weighted by atomic mass is 10.2. The van der Waals surface area contributed by atoms with E-state index < -0.39 is 5.97 Å². The van der Waals surface area contributed by atoms with E-state index in [-0.39, 0.29) is 5.56 Å². The average molecular weight is 499 g/mol. The Morgan fingerprint density at radius 3 is 2.51 bits per heavy atom. The maximum atomic E-state index is 11.2. The van der Waals surface area contributed by atoms with Crippen LogP contribution < -0.4 is 9.47 Å². The van der Waals surface area contributed by atoms with Crippen LogP contribution in [0.15, 0.2) is 52.6 Å². The number of likely N-dealkylation sites (N-methyl/N-ethyl adjacent to an activating group) is 1. The Labute approximate surface area is 209 Å². The summed E-state index contributed by atoms with van der Waals surface area (Å²) in [6.45, 7) is 6.51. The lowest BCUT2D eigenvalue weighted by Crippen LogP contribution is -2.45. The van der Waals surface area contributed by atoms with E-state index in [1.54, 1.807) is 31.4 Å². The van der Waals surface area contributed by atoms with Crippen molar-refractivity contribution in [3.63, 3.8) is 0 Å². The Kier molecular flexibility index (Phi) is 8.75. The molecule has 3 aromatic rings. The van der Waals surface area contributed by atoms with Crippen LogP contribution >= 0.6 is 11.8 Å². The third kappa shape index (κ3) is 6.82. The van der Waals surface area contributed by atoms with Gasteiger partial charge in [0, 0.05) is 56.9 Å². The second-order valence-electron chi connectivity index (χ2n) is 8.26. The molecule has 1 aromatic heterocycles. The summed E-state index contributed by atoms with van der Waals surface area (Å²) in [6.07, 6.45) is 1.52. The van der Waals surface area contributed by atoms with Gasteiger partial charge in [0.1, 0.15) is 36.1 Å². The van der Waals surface area contributed by atoms with Crippen molar-refractivity contribution < 1.29 is 24.1 Å². The minimum absolute atomic E-state index is 0.240. The van der Waals surface area contributed by atoms with Crippen molar-refractivity contribution in [1.82, 2.24) is 19.8 Å². The fourth-order valence-corrected chi connectivity index (χ4v) is 4.65. The zero-order valence-electron chi connectivity index (χ0n) is 20.0. The summed E-state index contributed by atoms with van der Waals surface area (Å²) in [5.41, 5.74) is 0.956. The van der Waals surface area contributed by atoms with Gasteiger partial charge in [0.15, 0.2) is 0 Å². The van der Waals surface area contributed by atoms with Gasteiger partial charge in [-0.1, -0.05) is 11.8 Å². The summed E-state index contributed by atoms with van der Waals surface area (Å²) >= 11 is 1.43. The van der Waals surface area contributed by atoms with Gasteiger partial charge in [0.05, 0.1) is 23.1 Å². The number of ether oxygens (including phenoxy) is 3. The van der Waals surface area contributed by atoms with Gasteiger partial charge in [-0.3, -0.25) is 4.90 Å². The van der Waals surface area contributed by atoms with E-state index in [9.17, 15) is 4.79 Å². The summed E-state index contributed by atoms with van der Waals surface area (Å²) in [5, 5.41) is 10.6. The highest BCUT2D eigenvalue weighted by molar-refractivity contribution is 7.99. The first-order valence-corrected chi connectivity index (χ1v) is 12.3. The van der Waals surface area contributed by atoms with Gasteiger partial charge in [-0.25, -0.2) is 14.8 Å². The number of rotatable bonds is 11. The highest BCUT2D eigenvalue weighted by Crippen LogP contribution is 2.38. The van der Waals surface area contributed by atoms with Crippen LogP contribution in [0.2, 0.25) is 0 Å². The second-order valence-corrected chi connectivity index (χ2v) is 9.32. The van der Waals surface area contributed by atoms with Gasteiger partial charge in [-0.2, -0.15) is 0 Å². The number of methoxy groups -OCH3 is 1. The molecule has 1 fully saturated rings. The van der Waals surface area contributed by atoms with Crippen LogP contribution in [0.1, 0.15) is 10.4 Å². The first-order valence-electron chi connectivity index (χ1n) is 11.5. The van der Waals surface area contributed by atoms with Crippen LogP contribution in [0.3, 0.4) is 0 Å². The SMILES string of the molecule is COCCOc1cc(OCCN2CCN(C)CC2)cc2ncnc(Sc3ccc(C(=O)O)cc3)c12. The smallest absolute Gasteiger partial charge is 0.335 e. The van der Waals surface area contributed by atoms with Gasteiger partial charge in [0.2, 0.25) is 0 Å². The molecule has 2 aromatic carbocycles. The molecule has 10 heteroatoms. The molecular weight excluding hydrogens is 468 g/mol. The number of hydrogen-bond acceptors (Lipinski definition) is 9. The molecule has 4 rings (SSSR count). The molecule has 186 valence electrons. The molecule has 35 heavy (non-hydrogen) atoms. The Morgan fingerprint density at radius 2 is 1.80 bits per heavy atom. The average Bonchev–Trinajstić information content (AvgIpc) is 2.86. The number of aromatic carboxylic acids is 1. The molecule has 0 aliphatic carbocycles. The predicted molar refractivity (Wildman–Crippen MR) is 134 cm³/mol. The molecule has 1 aliphatic rings. The van der Waals surface area contributed by atoms with E-state index in [0.29, 0.717) is 36.8 Å². The monoisotopic (exact) mass is 498 g/mol. The predicted octanol–water partition coefficient (Wildman–Crippen LogP) is 3.13. The highest BCUT2D eigenvalue weighted by Gasteiger charge is 2.16. The third-order valence-corrected chi connectivity index (χ3v) is 6.78. The molecule has 2 heterocycles. The summed E-state index contributed by atoms with van der Waals surface area (Å²) in [6, 6.07) is 10.5. The molecule has 1 N–H and O–H groups in total. The number of hydrogen-bond donors (Lipinski definition) is 1. The number of nitrogens with zero attached hydrogens (tertiary/aromatic N) is 4. The van der Waals surface area contributed by atoms with Crippen molar-refractivity contribution >= 4 is 28.6 Å². The minimum atomic E-state index is -0.956. The molecule has 0 atom stereocenters. The summed E-state index contributed by atoms with van der Waals surface area (Å²) in [4.78, 5) is 25.7. The van der Waals surface area contributed by atoms with Crippen LogP contribution in [0.4, 0.5) is 0 Å². The zero-order chi connectivity index (χ0) is 24.6. The van der Waals surface area contributed by atoms with E-state index in [1.807, 2.05) is 12.1 Å². The first kappa shape index (κ1) is 25.2. The number of carbonyl (C=O) groups is 1. The van der Waals surface area contributed by atoms with Crippen molar-refractivity contribution in [2.24, 2.45) is 0 Å². The van der Waals surface area contributed by atoms with Crippen molar-refractivity contribution in [2.75, 3.05) is 66.7 Å². The number of aromatic nitrogens is 2. The van der Waals surface area contributed by atoms with Crippen LogP contribution in [-0.4, -0.2) is 97.5 Å². The minimum Gasteiger partial charge on any atom is -0.492 e. The Hall–Kier alpha value is -2.92. The lowest BCUT2D eigenvalue weighted by Gasteiger charge is -2.32. The number of piperazine rings is 1. The Morgan fingerprint density at radius 1 is 1.03 bits per heavy atom. The van der Waals surface area contributed by atoms with Crippen molar-refractivity contribution in [1.29, 1.82) is 0 Å². The molecule has 0 unspecified atom stereocenters. The van der Waals surface area contributed by atoms with Crippen LogP contribution in [0.5, 0.6) is 11.5 Å². The molecule has 0 spiro atoms. The van der Waals surface area contributed by atoms with Crippen molar-refractivity contribution in [3.05, 3.63) is 48.3 Å². The standard InChI is InChI=1S/C25H30N4O5S/c1-28-7-9-29(10-8-28)11-12-33-19-15-21-23(22(16-19)34-14-13-32-2)24(27-17-26-21)35-20-5-3-18(4-6-20)25(30)31/h3-6,15-17H,7-14H2,1-2H3,(H,30,31). The van der Waals surface area contributed by atoms with E-state index in [4.69, 9.17) is 19.3 Å². The van der Waals surface area contributed by atoms with E-state index >= 15 is 0 Å². The molecule has 1 aliphatic heterocycles. The van der Waals surface area contributed by atoms with Gasteiger partial charge < -0.3 is 24.2 Å². The summed E-state index contributed by atoms with van der Waals surface area (Å²) < 4.78 is 17.3. The summed E-state index contributed by atoms with van der Waals surface area (Å²) in [5.74, 6) is 0.363. The van der Waals surface area contributed by atoms with Crippen LogP contribution in [-0.2, 0) is 4.74 Å². The molecule has 9 nitrogen and oxygen atoms in total.